The van der Waals surface area contributed by atoms with Crippen LogP contribution in [0.4, 0.5) is 0 Å². The van der Waals surface area contributed by atoms with Crippen molar-refractivity contribution in [3.63, 3.8) is 0 Å². The molecule has 0 radical (unpaired) electrons. The maximum absolute atomic E-state index is 12.6. The molecule has 0 saturated heterocycles. The Balaban J connectivity index is 2.21. The van der Waals surface area contributed by atoms with Crippen molar-refractivity contribution in [1.82, 2.24) is 9.21 Å². The van der Waals surface area contributed by atoms with Gasteiger partial charge in [0.15, 0.2) is 0 Å². The number of amides is 1. The molecule has 1 atom stereocenters. The van der Waals surface area contributed by atoms with Gasteiger partial charge in [-0.1, -0.05) is 30.3 Å². The first-order valence-electron chi connectivity index (χ1n) is 7.60. The molecule has 24 heavy (non-hydrogen) atoms. The van der Waals surface area contributed by atoms with Gasteiger partial charge in [-0.3, -0.25) is 4.79 Å². The second kappa shape index (κ2) is 7.15. The van der Waals surface area contributed by atoms with E-state index in [1.54, 1.807) is 24.1 Å². The number of carbonyl (C=O) groups excluding carboxylic acids is 1. The number of nitrogens with zero attached hydrogens (tertiary/aromatic N) is 2. The van der Waals surface area contributed by atoms with E-state index in [9.17, 15) is 13.2 Å². The predicted octanol–water partition coefficient (Wildman–Crippen LogP) is 2.77. The molecule has 0 saturated carbocycles. The third-order valence-corrected chi connectivity index (χ3v) is 5.89. The minimum atomic E-state index is -3.49. The number of carbonyl (C=O) groups is 1. The molecule has 2 aromatic carbocycles. The average Bonchev–Trinajstić information content (AvgIpc) is 2.60. The summed E-state index contributed by atoms with van der Waals surface area (Å²) in [7, 11) is 1.20. The quantitative estimate of drug-likeness (QED) is 0.836. The van der Waals surface area contributed by atoms with Gasteiger partial charge in [-0.25, -0.2) is 12.7 Å². The summed E-state index contributed by atoms with van der Waals surface area (Å²) in [5.41, 5.74) is 1.50. The molecule has 128 valence electrons. The molecule has 5 nitrogen and oxygen atoms in total. The Morgan fingerprint density at radius 1 is 0.917 bits per heavy atom. The molecular formula is C18H22N2O3S. The second-order valence-electron chi connectivity index (χ2n) is 5.81. The molecule has 2 rings (SSSR count). The molecule has 0 aliphatic carbocycles. The summed E-state index contributed by atoms with van der Waals surface area (Å²) in [6.07, 6.45) is 0. The zero-order chi connectivity index (χ0) is 17.9. The Kier molecular flexibility index (Phi) is 5.41. The fourth-order valence-corrected chi connectivity index (χ4v) is 3.22. The van der Waals surface area contributed by atoms with E-state index in [1.807, 2.05) is 37.3 Å². The fraction of sp³-hybridized carbons (Fsp3) is 0.278. The Hall–Kier alpha value is -2.18. The largest absolute Gasteiger partial charge is 0.335 e. The van der Waals surface area contributed by atoms with E-state index in [2.05, 4.69) is 0 Å². The Morgan fingerprint density at radius 3 is 1.96 bits per heavy atom. The van der Waals surface area contributed by atoms with E-state index in [0.717, 1.165) is 9.87 Å². The highest BCUT2D eigenvalue weighted by Crippen LogP contribution is 2.21. The van der Waals surface area contributed by atoms with Gasteiger partial charge in [0.25, 0.3) is 5.91 Å². The van der Waals surface area contributed by atoms with Crippen LogP contribution in [0, 0.1) is 0 Å². The predicted molar refractivity (Wildman–Crippen MR) is 94.3 cm³/mol. The molecule has 0 fully saturated rings. The monoisotopic (exact) mass is 346 g/mol. The van der Waals surface area contributed by atoms with E-state index in [-0.39, 0.29) is 16.8 Å². The van der Waals surface area contributed by atoms with Crippen molar-refractivity contribution in [3.8, 4) is 0 Å². The summed E-state index contributed by atoms with van der Waals surface area (Å²) in [5.74, 6) is -0.153. The van der Waals surface area contributed by atoms with Crippen LogP contribution in [0.15, 0.2) is 59.5 Å². The van der Waals surface area contributed by atoms with Crippen molar-refractivity contribution in [2.45, 2.75) is 17.9 Å². The summed E-state index contributed by atoms with van der Waals surface area (Å²) in [4.78, 5) is 14.4. The zero-order valence-corrected chi connectivity index (χ0v) is 15.1. The molecule has 2 aromatic rings. The molecule has 0 heterocycles. The molecule has 0 bridgehead atoms. The van der Waals surface area contributed by atoms with Crippen LogP contribution in [0.2, 0.25) is 0 Å². The van der Waals surface area contributed by atoms with Crippen LogP contribution in [0.3, 0.4) is 0 Å². The number of hydrogen-bond donors (Lipinski definition) is 0. The van der Waals surface area contributed by atoms with Crippen molar-refractivity contribution in [3.05, 3.63) is 65.7 Å². The number of rotatable bonds is 5. The molecule has 0 spiro atoms. The molecule has 1 amide bonds. The van der Waals surface area contributed by atoms with Gasteiger partial charge in [-0.2, -0.15) is 0 Å². The standard InChI is InChI=1S/C18H22N2O3S/c1-14(15-8-6-5-7-9-15)20(4)18(21)16-10-12-17(13-11-16)24(22,23)19(2)3/h5-14H,1-4H3/t14-/m1/s1. The van der Waals surface area contributed by atoms with Crippen molar-refractivity contribution in [2.24, 2.45) is 0 Å². The van der Waals surface area contributed by atoms with Crippen molar-refractivity contribution >= 4 is 15.9 Å². The van der Waals surface area contributed by atoms with Crippen LogP contribution in [0.25, 0.3) is 0 Å². The van der Waals surface area contributed by atoms with Crippen molar-refractivity contribution < 1.29 is 13.2 Å². The van der Waals surface area contributed by atoms with E-state index >= 15 is 0 Å². The summed E-state index contributed by atoms with van der Waals surface area (Å²) >= 11 is 0. The van der Waals surface area contributed by atoms with Crippen LogP contribution < -0.4 is 0 Å². The summed E-state index contributed by atoms with van der Waals surface area (Å²) in [6.45, 7) is 1.96. The third-order valence-electron chi connectivity index (χ3n) is 4.06. The van der Waals surface area contributed by atoms with Gasteiger partial charge >= 0.3 is 0 Å². The van der Waals surface area contributed by atoms with Gasteiger partial charge in [0.2, 0.25) is 10.0 Å². The number of hydrogen-bond acceptors (Lipinski definition) is 3. The molecule has 0 aliphatic rings. The van der Waals surface area contributed by atoms with Gasteiger partial charge in [0.1, 0.15) is 0 Å². The van der Waals surface area contributed by atoms with E-state index in [4.69, 9.17) is 0 Å². The summed E-state index contributed by atoms with van der Waals surface area (Å²) in [6, 6.07) is 15.7. The maximum Gasteiger partial charge on any atom is 0.254 e. The number of benzene rings is 2. The first-order valence-corrected chi connectivity index (χ1v) is 9.04. The van der Waals surface area contributed by atoms with Crippen LogP contribution >= 0.6 is 0 Å². The minimum Gasteiger partial charge on any atom is -0.335 e. The van der Waals surface area contributed by atoms with Gasteiger partial charge in [0.05, 0.1) is 10.9 Å². The highest BCUT2D eigenvalue weighted by Gasteiger charge is 2.21. The maximum atomic E-state index is 12.6. The Labute approximate surface area is 143 Å². The normalized spacial score (nSPS) is 12.9. The van der Waals surface area contributed by atoms with Gasteiger partial charge in [-0.15, -0.1) is 0 Å². The second-order valence-corrected chi connectivity index (χ2v) is 7.97. The average molecular weight is 346 g/mol. The highest BCUT2D eigenvalue weighted by molar-refractivity contribution is 7.89. The Bertz CT molecular complexity index is 800. The van der Waals surface area contributed by atoms with Gasteiger partial charge in [-0.05, 0) is 36.8 Å². The van der Waals surface area contributed by atoms with Crippen molar-refractivity contribution in [2.75, 3.05) is 21.1 Å². The van der Waals surface area contributed by atoms with Crippen LogP contribution in [-0.4, -0.2) is 44.7 Å². The van der Waals surface area contributed by atoms with Crippen molar-refractivity contribution in [1.29, 1.82) is 0 Å². The third kappa shape index (κ3) is 3.66. The van der Waals surface area contributed by atoms with E-state index in [1.165, 1.54) is 26.2 Å². The summed E-state index contributed by atoms with van der Waals surface area (Å²) in [5, 5.41) is 0. The lowest BCUT2D eigenvalue weighted by Crippen LogP contribution is -2.29. The molecule has 6 heteroatoms. The summed E-state index contributed by atoms with van der Waals surface area (Å²) < 4.78 is 25.3. The smallest absolute Gasteiger partial charge is 0.254 e. The lowest BCUT2D eigenvalue weighted by atomic mass is 10.1. The lowest BCUT2D eigenvalue weighted by Gasteiger charge is -2.25. The molecular weight excluding hydrogens is 324 g/mol. The number of sulfonamides is 1. The zero-order valence-electron chi connectivity index (χ0n) is 14.3. The van der Waals surface area contributed by atoms with Crippen LogP contribution in [0.1, 0.15) is 28.9 Å². The molecule has 0 aromatic heterocycles. The molecule has 0 unspecified atom stereocenters. The highest BCUT2D eigenvalue weighted by atomic mass is 32.2. The van der Waals surface area contributed by atoms with Gasteiger partial charge < -0.3 is 4.90 Å². The van der Waals surface area contributed by atoms with Crippen LogP contribution in [0.5, 0.6) is 0 Å². The Morgan fingerprint density at radius 2 is 1.46 bits per heavy atom. The first kappa shape index (κ1) is 18.2. The SMILES string of the molecule is C[C@H](c1ccccc1)N(C)C(=O)c1ccc(S(=O)(=O)N(C)C)cc1. The first-order chi connectivity index (χ1) is 11.2. The van der Waals surface area contributed by atoms with E-state index in [0.29, 0.717) is 5.56 Å². The van der Waals surface area contributed by atoms with Crippen LogP contribution in [-0.2, 0) is 10.0 Å². The lowest BCUT2D eigenvalue weighted by molar-refractivity contribution is 0.0742. The van der Waals surface area contributed by atoms with Gasteiger partial charge in [0, 0.05) is 26.7 Å². The topological polar surface area (TPSA) is 57.7 Å². The molecule has 0 N–H and O–H groups in total. The minimum absolute atomic E-state index is 0.0797. The molecule has 0 aliphatic heterocycles. The van der Waals surface area contributed by atoms with E-state index < -0.39 is 10.0 Å². The fourth-order valence-electron chi connectivity index (χ4n) is 2.31.